The molecule has 2 heterocycles. The summed E-state index contributed by atoms with van der Waals surface area (Å²) in [4.78, 5) is 15.6. The Balaban J connectivity index is 1.82. The molecule has 0 aliphatic carbocycles. The van der Waals surface area contributed by atoms with Crippen molar-refractivity contribution in [3.8, 4) is 0 Å². The number of nitrogens with zero attached hydrogens (tertiary/aromatic N) is 2. The van der Waals surface area contributed by atoms with Gasteiger partial charge in [0.15, 0.2) is 0 Å². The fourth-order valence-corrected chi connectivity index (χ4v) is 4.50. The van der Waals surface area contributed by atoms with Crippen LogP contribution in [0, 0.1) is 0 Å². The number of amides is 1. The lowest BCUT2D eigenvalue weighted by Gasteiger charge is -2.16. The van der Waals surface area contributed by atoms with E-state index >= 15 is 0 Å². The second-order valence-corrected chi connectivity index (χ2v) is 7.79. The molecule has 0 aromatic heterocycles. The molecule has 1 unspecified atom stereocenters. The number of benzene rings is 1. The number of sulfonamides is 1. The smallest absolute Gasteiger partial charge is 0.240 e. The lowest BCUT2D eigenvalue weighted by molar-refractivity contribution is -0.116. The van der Waals surface area contributed by atoms with Crippen molar-refractivity contribution in [3.05, 3.63) is 23.8 Å². The Morgan fingerprint density at radius 3 is 2.73 bits per heavy atom. The number of carbonyl (C=O) groups is 1. The zero-order valence-corrected chi connectivity index (χ0v) is 13.7. The predicted octanol–water partition coefficient (Wildman–Crippen LogP) is 0.578. The fourth-order valence-electron chi connectivity index (χ4n) is 3.19. The number of anilines is 1. The van der Waals surface area contributed by atoms with Gasteiger partial charge in [0.2, 0.25) is 15.9 Å². The molecular formula is C15H21N3O3S. The summed E-state index contributed by atoms with van der Waals surface area (Å²) in [6.45, 7) is 3.79. The molecule has 7 heteroatoms. The minimum absolute atomic E-state index is 0.0125. The van der Waals surface area contributed by atoms with E-state index in [4.69, 9.17) is 0 Å². The molecule has 1 aromatic carbocycles. The molecule has 6 nitrogen and oxygen atoms in total. The third-order valence-corrected chi connectivity index (χ3v) is 5.87. The highest BCUT2D eigenvalue weighted by Crippen LogP contribution is 2.30. The molecule has 0 saturated carbocycles. The Hall–Kier alpha value is -1.44. The lowest BCUT2D eigenvalue weighted by Crippen LogP contribution is -2.36. The summed E-state index contributed by atoms with van der Waals surface area (Å²) in [5, 5.41) is 0. The summed E-state index contributed by atoms with van der Waals surface area (Å²) in [6, 6.07) is 4.98. The van der Waals surface area contributed by atoms with Gasteiger partial charge in [-0.15, -0.1) is 0 Å². The largest absolute Gasteiger partial charge is 0.312 e. The molecule has 0 radical (unpaired) electrons. The molecule has 0 bridgehead atoms. The first-order chi connectivity index (χ1) is 10.4. The number of hydrogen-bond donors (Lipinski definition) is 1. The first kappa shape index (κ1) is 15.5. The predicted molar refractivity (Wildman–Crippen MR) is 84.4 cm³/mol. The Morgan fingerprint density at radius 2 is 2.09 bits per heavy atom. The molecule has 120 valence electrons. The molecular weight excluding hydrogens is 302 g/mol. The number of rotatable bonds is 3. The van der Waals surface area contributed by atoms with Crippen molar-refractivity contribution in [2.45, 2.75) is 30.7 Å². The van der Waals surface area contributed by atoms with Crippen LogP contribution in [0.3, 0.4) is 0 Å². The summed E-state index contributed by atoms with van der Waals surface area (Å²) in [5.41, 5.74) is 1.74. The van der Waals surface area contributed by atoms with Crippen LogP contribution in [0.5, 0.6) is 0 Å². The van der Waals surface area contributed by atoms with Gasteiger partial charge < -0.3 is 9.80 Å². The zero-order chi connectivity index (χ0) is 15.9. The maximum absolute atomic E-state index is 12.5. The van der Waals surface area contributed by atoms with E-state index in [9.17, 15) is 13.2 Å². The minimum atomic E-state index is -3.51. The summed E-state index contributed by atoms with van der Waals surface area (Å²) >= 11 is 0. The topological polar surface area (TPSA) is 69.7 Å². The van der Waals surface area contributed by atoms with E-state index in [-0.39, 0.29) is 16.8 Å². The molecule has 1 atom stereocenters. The Bertz CT molecular complexity index is 702. The van der Waals surface area contributed by atoms with Crippen molar-refractivity contribution < 1.29 is 13.2 Å². The maximum Gasteiger partial charge on any atom is 0.240 e. The standard InChI is InChI=1S/C15H21N3O3S/c1-11(19)18-8-5-12-9-14(3-4-15(12)18)22(20,21)16-13-6-7-17(2)10-13/h3-4,9,13,16H,5-8,10H2,1-2H3. The van der Waals surface area contributed by atoms with E-state index in [1.807, 2.05) is 7.05 Å². The molecule has 1 N–H and O–H groups in total. The highest BCUT2D eigenvalue weighted by Gasteiger charge is 2.28. The Kier molecular flexibility index (Phi) is 3.96. The molecule has 3 rings (SSSR count). The van der Waals surface area contributed by atoms with Gasteiger partial charge in [0.25, 0.3) is 0 Å². The maximum atomic E-state index is 12.5. The average molecular weight is 323 g/mol. The van der Waals surface area contributed by atoms with Crippen LogP contribution in [0.25, 0.3) is 0 Å². The van der Waals surface area contributed by atoms with Crippen LogP contribution in [0.4, 0.5) is 5.69 Å². The summed E-state index contributed by atoms with van der Waals surface area (Å²) < 4.78 is 27.8. The van der Waals surface area contributed by atoms with Gasteiger partial charge in [-0.05, 0) is 50.2 Å². The molecule has 22 heavy (non-hydrogen) atoms. The van der Waals surface area contributed by atoms with Crippen molar-refractivity contribution >= 4 is 21.6 Å². The summed E-state index contributed by atoms with van der Waals surface area (Å²) in [5.74, 6) is -0.0125. The van der Waals surface area contributed by atoms with Gasteiger partial charge in [0, 0.05) is 31.7 Å². The average Bonchev–Trinajstić information content (AvgIpc) is 3.03. The molecule has 1 saturated heterocycles. The van der Waals surface area contributed by atoms with Crippen LogP contribution in [0.1, 0.15) is 18.9 Å². The molecule has 1 aromatic rings. The van der Waals surface area contributed by atoms with E-state index in [0.717, 1.165) is 30.8 Å². The summed E-state index contributed by atoms with van der Waals surface area (Å²) in [7, 11) is -1.52. The third kappa shape index (κ3) is 2.88. The van der Waals surface area contributed by atoms with Crippen LogP contribution in [0.15, 0.2) is 23.1 Å². The third-order valence-electron chi connectivity index (χ3n) is 4.35. The van der Waals surface area contributed by atoms with Crippen LogP contribution < -0.4 is 9.62 Å². The van der Waals surface area contributed by atoms with Gasteiger partial charge in [0.1, 0.15) is 0 Å². The Labute approximate surface area is 131 Å². The summed E-state index contributed by atoms with van der Waals surface area (Å²) in [6.07, 6.45) is 1.53. The first-order valence-electron chi connectivity index (χ1n) is 7.49. The van der Waals surface area contributed by atoms with Crippen molar-refractivity contribution in [2.24, 2.45) is 0 Å². The van der Waals surface area contributed by atoms with E-state index in [2.05, 4.69) is 9.62 Å². The molecule has 2 aliphatic heterocycles. The minimum Gasteiger partial charge on any atom is -0.312 e. The highest BCUT2D eigenvalue weighted by atomic mass is 32.2. The van der Waals surface area contributed by atoms with Crippen LogP contribution >= 0.6 is 0 Å². The molecule has 1 amide bonds. The van der Waals surface area contributed by atoms with E-state index in [1.165, 1.54) is 6.92 Å². The van der Waals surface area contributed by atoms with Crippen LogP contribution in [0.2, 0.25) is 0 Å². The second-order valence-electron chi connectivity index (χ2n) is 6.08. The van der Waals surface area contributed by atoms with Crippen molar-refractivity contribution in [1.82, 2.24) is 9.62 Å². The monoisotopic (exact) mass is 323 g/mol. The number of fused-ring (bicyclic) bond motifs is 1. The molecule has 0 spiro atoms. The second kappa shape index (κ2) is 5.64. The van der Waals surface area contributed by atoms with Gasteiger partial charge in [-0.1, -0.05) is 0 Å². The van der Waals surface area contributed by atoms with Crippen molar-refractivity contribution in [3.63, 3.8) is 0 Å². The number of hydrogen-bond acceptors (Lipinski definition) is 4. The number of likely N-dealkylation sites (tertiary alicyclic amines) is 1. The van der Waals surface area contributed by atoms with E-state index < -0.39 is 10.0 Å². The molecule has 2 aliphatic rings. The van der Waals surface area contributed by atoms with Gasteiger partial charge in [-0.25, -0.2) is 13.1 Å². The number of nitrogens with one attached hydrogen (secondary N) is 1. The van der Waals surface area contributed by atoms with Crippen molar-refractivity contribution in [2.75, 3.05) is 31.6 Å². The quantitative estimate of drug-likeness (QED) is 0.883. The first-order valence-corrected chi connectivity index (χ1v) is 8.97. The normalized spacial score (nSPS) is 22.1. The lowest BCUT2D eigenvalue weighted by atomic mass is 10.2. The zero-order valence-electron chi connectivity index (χ0n) is 12.9. The van der Waals surface area contributed by atoms with Gasteiger partial charge >= 0.3 is 0 Å². The Morgan fingerprint density at radius 1 is 1.32 bits per heavy atom. The molecule has 1 fully saturated rings. The van der Waals surface area contributed by atoms with E-state index in [0.29, 0.717) is 13.0 Å². The van der Waals surface area contributed by atoms with Gasteiger partial charge in [-0.3, -0.25) is 4.79 Å². The van der Waals surface area contributed by atoms with Crippen molar-refractivity contribution in [1.29, 1.82) is 0 Å². The van der Waals surface area contributed by atoms with Crippen LogP contribution in [-0.2, 0) is 21.2 Å². The van der Waals surface area contributed by atoms with Gasteiger partial charge in [-0.2, -0.15) is 0 Å². The number of carbonyl (C=O) groups excluding carboxylic acids is 1. The fraction of sp³-hybridized carbons (Fsp3) is 0.533. The number of likely N-dealkylation sites (N-methyl/N-ethyl adjacent to an activating group) is 1. The van der Waals surface area contributed by atoms with Crippen LogP contribution in [-0.4, -0.2) is 51.9 Å². The van der Waals surface area contributed by atoms with E-state index in [1.54, 1.807) is 23.1 Å². The highest BCUT2D eigenvalue weighted by molar-refractivity contribution is 7.89. The van der Waals surface area contributed by atoms with Gasteiger partial charge in [0.05, 0.1) is 4.90 Å². The SMILES string of the molecule is CC(=O)N1CCc2cc(S(=O)(=O)NC3CCN(C)C3)ccc21.